The number of anilines is 1. The second-order valence-electron chi connectivity index (χ2n) is 7.64. The predicted octanol–water partition coefficient (Wildman–Crippen LogP) is 2.29. The van der Waals surface area contributed by atoms with Crippen molar-refractivity contribution in [2.75, 3.05) is 18.5 Å². The molecule has 3 rings (SSSR count). The lowest BCUT2D eigenvalue weighted by atomic mass is 10.1. The summed E-state index contributed by atoms with van der Waals surface area (Å²) in [5.74, 6) is -2.68. The number of carbonyl (C=O) groups excluding carboxylic acids is 4. The highest BCUT2D eigenvalue weighted by Gasteiger charge is 2.36. The van der Waals surface area contributed by atoms with Crippen LogP contribution >= 0.6 is 0 Å². The van der Waals surface area contributed by atoms with E-state index in [2.05, 4.69) is 10.7 Å². The van der Waals surface area contributed by atoms with Gasteiger partial charge in [0, 0.05) is 17.7 Å². The van der Waals surface area contributed by atoms with Crippen LogP contribution in [0.25, 0.3) is 0 Å². The maximum atomic E-state index is 12.4. The first-order valence-electron chi connectivity index (χ1n) is 9.95. The summed E-state index contributed by atoms with van der Waals surface area (Å²) in [7, 11) is 0. The van der Waals surface area contributed by atoms with Crippen molar-refractivity contribution < 1.29 is 23.9 Å². The number of ether oxygens (including phenoxy) is 1. The van der Waals surface area contributed by atoms with Gasteiger partial charge >= 0.3 is 5.97 Å². The molecule has 2 aromatic rings. The van der Waals surface area contributed by atoms with Gasteiger partial charge in [-0.25, -0.2) is 0 Å². The number of nitrogens with one attached hydrogen (secondary N) is 2. The fourth-order valence-corrected chi connectivity index (χ4v) is 3.30. The van der Waals surface area contributed by atoms with Crippen molar-refractivity contribution in [1.29, 1.82) is 0 Å². The molecule has 0 unspecified atom stereocenters. The van der Waals surface area contributed by atoms with Crippen LogP contribution in [0.4, 0.5) is 5.69 Å². The molecule has 0 saturated carbocycles. The van der Waals surface area contributed by atoms with Crippen molar-refractivity contribution in [2.24, 2.45) is 5.92 Å². The van der Waals surface area contributed by atoms with Crippen LogP contribution in [0.5, 0.6) is 0 Å². The number of amides is 3. The van der Waals surface area contributed by atoms with Gasteiger partial charge in [0.25, 0.3) is 11.8 Å². The Labute approximate surface area is 180 Å². The quantitative estimate of drug-likeness (QED) is 0.694. The van der Waals surface area contributed by atoms with E-state index in [4.69, 9.17) is 4.74 Å². The lowest BCUT2D eigenvalue weighted by Gasteiger charge is -2.18. The molecular formula is C23H25N3O5. The first kappa shape index (κ1) is 22.0. The Morgan fingerprint density at radius 3 is 2.55 bits per heavy atom. The number of hydrogen-bond acceptors (Lipinski definition) is 5. The van der Waals surface area contributed by atoms with Gasteiger partial charge in [0.15, 0.2) is 6.61 Å². The molecule has 0 spiro atoms. The molecule has 1 saturated heterocycles. The molecule has 0 radical (unpaired) electrons. The van der Waals surface area contributed by atoms with Crippen LogP contribution in [0.3, 0.4) is 0 Å². The van der Waals surface area contributed by atoms with Crippen molar-refractivity contribution in [1.82, 2.24) is 10.4 Å². The number of nitrogens with zero attached hydrogens (tertiary/aromatic N) is 1. The van der Waals surface area contributed by atoms with Gasteiger partial charge in [-0.15, -0.1) is 0 Å². The molecule has 1 heterocycles. The molecule has 162 valence electrons. The van der Waals surface area contributed by atoms with Gasteiger partial charge < -0.3 is 10.1 Å². The fraction of sp³-hybridized carbons (Fsp3) is 0.304. The summed E-state index contributed by atoms with van der Waals surface area (Å²) in [5.41, 5.74) is 6.31. The first-order chi connectivity index (χ1) is 14.7. The molecule has 0 bridgehead atoms. The monoisotopic (exact) mass is 423 g/mol. The Balaban J connectivity index is 1.51. The number of hydrazine groups is 1. The highest BCUT2D eigenvalue weighted by Crippen LogP contribution is 2.19. The van der Waals surface area contributed by atoms with Crippen LogP contribution in [0.15, 0.2) is 42.5 Å². The van der Waals surface area contributed by atoms with Crippen LogP contribution in [-0.4, -0.2) is 41.9 Å². The zero-order chi connectivity index (χ0) is 22.5. The number of esters is 1. The van der Waals surface area contributed by atoms with Gasteiger partial charge in [-0.1, -0.05) is 30.3 Å². The molecule has 2 aromatic carbocycles. The molecule has 1 aliphatic heterocycles. The van der Waals surface area contributed by atoms with Crippen molar-refractivity contribution in [3.8, 4) is 0 Å². The number of rotatable bonds is 6. The van der Waals surface area contributed by atoms with Gasteiger partial charge in [-0.2, -0.15) is 0 Å². The maximum Gasteiger partial charge on any atom is 0.311 e. The van der Waals surface area contributed by atoms with Crippen LogP contribution in [0.2, 0.25) is 0 Å². The fourth-order valence-electron chi connectivity index (χ4n) is 3.30. The van der Waals surface area contributed by atoms with E-state index in [1.54, 1.807) is 25.1 Å². The molecule has 0 aromatic heterocycles. The average molecular weight is 423 g/mol. The second-order valence-corrected chi connectivity index (χ2v) is 7.64. The summed E-state index contributed by atoms with van der Waals surface area (Å²) in [4.78, 5) is 49.1. The van der Waals surface area contributed by atoms with E-state index in [0.29, 0.717) is 11.3 Å². The molecule has 1 fully saturated rings. The van der Waals surface area contributed by atoms with E-state index >= 15 is 0 Å². The zero-order valence-corrected chi connectivity index (χ0v) is 17.7. The molecule has 1 aliphatic rings. The zero-order valence-electron chi connectivity index (χ0n) is 17.7. The minimum atomic E-state index is -0.752. The van der Waals surface area contributed by atoms with Gasteiger partial charge in [0.1, 0.15) is 0 Å². The summed E-state index contributed by atoms with van der Waals surface area (Å²) in [5, 5.41) is 3.84. The Morgan fingerprint density at radius 2 is 1.81 bits per heavy atom. The lowest BCUT2D eigenvalue weighted by Crippen LogP contribution is -2.43. The third-order valence-corrected chi connectivity index (χ3v) is 5.10. The highest BCUT2D eigenvalue weighted by atomic mass is 16.5. The third-order valence-electron chi connectivity index (χ3n) is 5.10. The Kier molecular flexibility index (Phi) is 6.69. The predicted molar refractivity (Wildman–Crippen MR) is 114 cm³/mol. The standard InChI is InChI=1S/C23H25N3O5/c1-14-8-9-16(3)19(10-14)24-20(27)13-31-23(30)17-11-21(28)26(12-17)25-22(29)18-7-5-4-6-15(18)2/h4-10,17H,11-13H2,1-3H3,(H,24,27)(H,25,29)/t17-/m1/s1. The first-order valence-corrected chi connectivity index (χ1v) is 9.95. The van der Waals surface area contributed by atoms with E-state index in [0.717, 1.165) is 21.7 Å². The number of carbonyl (C=O) groups is 4. The molecular weight excluding hydrogens is 398 g/mol. The Hall–Kier alpha value is -3.68. The summed E-state index contributed by atoms with van der Waals surface area (Å²) in [6.45, 7) is 5.12. The van der Waals surface area contributed by atoms with Crippen molar-refractivity contribution in [2.45, 2.75) is 27.2 Å². The topological polar surface area (TPSA) is 105 Å². The molecule has 2 N–H and O–H groups in total. The molecule has 1 atom stereocenters. The summed E-state index contributed by atoms with van der Waals surface area (Å²) in [6.07, 6.45) is -0.0918. The highest BCUT2D eigenvalue weighted by molar-refractivity contribution is 5.98. The summed E-state index contributed by atoms with van der Waals surface area (Å²) < 4.78 is 5.09. The van der Waals surface area contributed by atoms with Crippen LogP contribution in [-0.2, 0) is 19.1 Å². The molecule has 8 nitrogen and oxygen atoms in total. The third kappa shape index (κ3) is 5.48. The number of hydrogen-bond donors (Lipinski definition) is 2. The van der Waals surface area contributed by atoms with Crippen LogP contribution in [0, 0.1) is 26.7 Å². The van der Waals surface area contributed by atoms with E-state index in [-0.39, 0.29) is 18.9 Å². The minimum absolute atomic E-state index is 0.00606. The molecule has 8 heteroatoms. The number of aryl methyl sites for hydroxylation is 3. The van der Waals surface area contributed by atoms with E-state index in [9.17, 15) is 19.2 Å². The van der Waals surface area contributed by atoms with E-state index in [1.807, 2.05) is 38.1 Å². The molecule has 3 amide bonds. The molecule has 31 heavy (non-hydrogen) atoms. The van der Waals surface area contributed by atoms with Crippen LogP contribution in [0.1, 0.15) is 33.5 Å². The van der Waals surface area contributed by atoms with E-state index in [1.165, 1.54) is 0 Å². The van der Waals surface area contributed by atoms with Gasteiger partial charge in [-0.05, 0) is 49.6 Å². The van der Waals surface area contributed by atoms with Crippen molar-refractivity contribution in [3.63, 3.8) is 0 Å². The lowest BCUT2D eigenvalue weighted by molar-refractivity contribution is -0.151. The Morgan fingerprint density at radius 1 is 1.06 bits per heavy atom. The number of benzene rings is 2. The molecule has 0 aliphatic carbocycles. The van der Waals surface area contributed by atoms with Gasteiger partial charge in [0.05, 0.1) is 12.5 Å². The normalized spacial score (nSPS) is 15.5. The smallest absolute Gasteiger partial charge is 0.311 e. The summed E-state index contributed by atoms with van der Waals surface area (Å²) >= 11 is 0. The van der Waals surface area contributed by atoms with Gasteiger partial charge in [-0.3, -0.25) is 29.6 Å². The second kappa shape index (κ2) is 9.42. The largest absolute Gasteiger partial charge is 0.455 e. The minimum Gasteiger partial charge on any atom is -0.455 e. The van der Waals surface area contributed by atoms with Crippen molar-refractivity contribution >= 4 is 29.4 Å². The van der Waals surface area contributed by atoms with E-state index < -0.39 is 30.3 Å². The maximum absolute atomic E-state index is 12.4. The SMILES string of the molecule is Cc1ccc(C)c(NC(=O)COC(=O)[C@@H]2CC(=O)N(NC(=O)c3ccccc3C)C2)c1. The van der Waals surface area contributed by atoms with Crippen molar-refractivity contribution in [3.05, 3.63) is 64.7 Å². The average Bonchev–Trinajstić information content (AvgIpc) is 3.09. The van der Waals surface area contributed by atoms with Gasteiger partial charge in [0.2, 0.25) is 5.91 Å². The summed E-state index contributed by atoms with van der Waals surface area (Å²) in [6, 6.07) is 12.7. The van der Waals surface area contributed by atoms with Crippen LogP contribution < -0.4 is 10.7 Å². The Bertz CT molecular complexity index is 1030.